The summed E-state index contributed by atoms with van der Waals surface area (Å²) in [7, 11) is -4.06. The van der Waals surface area contributed by atoms with Crippen LogP contribution >= 0.6 is 0 Å². The first-order valence-electron chi connectivity index (χ1n) is 42.1. The maximum Gasteiger partial charge on any atom is 0.0799 e. The fourth-order valence-electron chi connectivity index (χ4n) is 15.4. The molecule has 11 aromatic carbocycles. The van der Waals surface area contributed by atoms with Crippen LogP contribution in [0.3, 0.4) is 0 Å². The van der Waals surface area contributed by atoms with E-state index in [0.717, 1.165) is 115 Å². The first-order chi connectivity index (χ1) is 59.3. The number of hydrogen-bond donors (Lipinski definition) is 0. The van der Waals surface area contributed by atoms with Gasteiger partial charge in [0.15, 0.2) is 0 Å². The maximum atomic E-state index is 4.83. The van der Waals surface area contributed by atoms with Crippen molar-refractivity contribution in [2.75, 3.05) is 0 Å². The minimum atomic E-state index is -1.45. The van der Waals surface area contributed by atoms with Crippen molar-refractivity contribution in [1.29, 1.82) is 0 Å². The standard InChI is InChI=1S/C24H28NSi.C21H22NSi.3C17H11N2.C15H18NSi.3Ir/c1-24(2,3)21-16-22(25-17-23(21)26(4,5)6)20-14-10-13-19(15-20)18-11-8-7-9-12-18;1-16-13-20(22-15-21(16)23(2,3)4)19-12-8-11-18(14-19)17-9-6-5-7-10-17;3*1-3-7-14-12(5-1)9-10-16(18-14)17-11-13-6-2-4-8-15(13)19-17;1-12-10-14(13-8-6-5-7-9-13)16-11-15(12)17(2,3)4;;;/h7-13,15-17H,1-6H3;5-11,13-15H,1-4H3;3*1-10,17H;5-8,10-11H,1-4H3;;;/q6*-1;;;. The Morgan fingerprint density at radius 2 is 0.603 bits per heavy atom. The average Bonchev–Trinajstić information content (AvgIpc) is 1.14. The van der Waals surface area contributed by atoms with Gasteiger partial charge in [0.25, 0.3) is 0 Å². The van der Waals surface area contributed by atoms with Crippen molar-refractivity contribution in [2.24, 2.45) is 15.0 Å². The summed E-state index contributed by atoms with van der Waals surface area (Å²) in [5, 5.41) is 14.0. The molecule has 0 bridgehead atoms. The summed E-state index contributed by atoms with van der Waals surface area (Å²) in [6, 6.07) is 119. The molecule has 635 valence electrons. The molecule has 6 aromatic heterocycles. The van der Waals surface area contributed by atoms with E-state index in [9.17, 15) is 0 Å². The van der Waals surface area contributed by atoms with Crippen LogP contribution < -0.4 is 47.3 Å². The van der Waals surface area contributed by atoms with Gasteiger partial charge >= 0.3 is 0 Å². The minimum Gasteiger partial charge on any atom is -0.348 e. The van der Waals surface area contributed by atoms with Gasteiger partial charge < -0.3 is 29.9 Å². The molecule has 0 saturated carbocycles. The molecular weight excluding hydrogens is 2120 g/mol. The Bertz CT molecular complexity index is 6610. The second-order valence-corrected chi connectivity index (χ2v) is 50.4. The fourth-order valence-corrected chi connectivity index (χ4v) is 20.5. The predicted octanol–water partition coefficient (Wildman–Crippen LogP) is 21.3. The number of pyridine rings is 6. The summed E-state index contributed by atoms with van der Waals surface area (Å²) in [5.74, 6) is 0. The van der Waals surface area contributed by atoms with E-state index in [1.165, 1.54) is 54.5 Å². The average molecular weight is 2220 g/mol. The molecule has 3 aliphatic heterocycles. The van der Waals surface area contributed by atoms with E-state index in [2.05, 4.69) is 317 Å². The Kier molecular flexibility index (Phi) is 31.2. The maximum absolute atomic E-state index is 4.83. The van der Waals surface area contributed by atoms with Crippen molar-refractivity contribution in [2.45, 2.75) is 117 Å². The van der Waals surface area contributed by atoms with Gasteiger partial charge in [-0.3, -0.25) is 15.0 Å². The predicted molar refractivity (Wildman–Crippen MR) is 519 cm³/mol. The molecule has 17 aromatic rings. The SMILES string of the molecule is CC(C)(C)c1cc(-c2[c-]ccc(-c3ccccc3)c2)ncc1[Si](C)(C)C.Cc1cc(-c2[c-]ccc(-c3ccccc3)c2)ncc1[Si](C)(C)C.Cc1cc(-c2[c-]cccc2)ncc1[Si](C)(C)C.[C-]1=c2ccccc2=NC1c1ccc2ccccc2n1.[C-]1=c2ccccc2=NC1c1ccc2ccccc2n1.[C-]1=c2ccccc2=NC1c1ccc2ccccc2n1.[Ir].[Ir].[Ir]. The Balaban J connectivity index is 0.000000137. The summed E-state index contributed by atoms with van der Waals surface area (Å²) >= 11 is 0. The molecule has 0 saturated heterocycles. The number of nitrogens with zero attached hydrogens (tertiary/aromatic N) is 9. The summed E-state index contributed by atoms with van der Waals surface area (Å²) in [6.45, 7) is 32.6. The summed E-state index contributed by atoms with van der Waals surface area (Å²) in [6.07, 6.45) is 16.4. The zero-order valence-electron chi connectivity index (χ0n) is 73.6. The number of aryl methyl sites for hydroxylation is 2. The van der Waals surface area contributed by atoms with Crippen molar-refractivity contribution in [3.63, 3.8) is 0 Å². The number of benzene rings is 11. The van der Waals surface area contributed by atoms with Gasteiger partial charge in [-0.1, -0.05) is 279 Å². The fraction of sp³-hybridized carbons (Fsp3) is 0.162. The van der Waals surface area contributed by atoms with Crippen LogP contribution in [0, 0.1) is 32.0 Å². The topological polar surface area (TPSA) is 114 Å². The minimum absolute atomic E-state index is 0. The van der Waals surface area contributed by atoms with Crippen LogP contribution in [-0.2, 0) is 65.7 Å². The number of aromatic nitrogens is 6. The van der Waals surface area contributed by atoms with Crippen LogP contribution in [0.1, 0.15) is 72.7 Å². The monoisotopic (exact) mass is 2220 g/mol. The van der Waals surface area contributed by atoms with Crippen LogP contribution in [-0.4, -0.2) is 54.1 Å². The van der Waals surface area contributed by atoms with Gasteiger partial charge in [0.1, 0.15) is 0 Å². The van der Waals surface area contributed by atoms with Crippen LogP contribution in [0.4, 0.5) is 0 Å². The largest absolute Gasteiger partial charge is 0.348 e. The van der Waals surface area contributed by atoms with Gasteiger partial charge in [-0.25, -0.2) is 0 Å². The molecule has 3 atom stereocenters. The van der Waals surface area contributed by atoms with Crippen LogP contribution in [0.15, 0.2) is 355 Å². The van der Waals surface area contributed by atoms with Gasteiger partial charge in [-0.05, 0) is 121 Å². The van der Waals surface area contributed by atoms with E-state index >= 15 is 0 Å². The number of hydrogen-bond acceptors (Lipinski definition) is 9. The van der Waals surface area contributed by atoms with Crippen molar-refractivity contribution in [3.05, 3.63) is 424 Å². The molecule has 0 fully saturated rings. The van der Waals surface area contributed by atoms with Crippen molar-refractivity contribution >= 4 is 90.7 Å². The van der Waals surface area contributed by atoms with Crippen molar-refractivity contribution < 1.29 is 60.3 Å². The third kappa shape index (κ3) is 23.5. The molecule has 0 aliphatic carbocycles. The third-order valence-corrected chi connectivity index (χ3v) is 28.1. The van der Waals surface area contributed by atoms with Crippen LogP contribution in [0.5, 0.6) is 0 Å². The van der Waals surface area contributed by atoms with Gasteiger partial charge in [0.2, 0.25) is 0 Å². The second-order valence-electron chi connectivity index (χ2n) is 35.2. The quantitative estimate of drug-likeness (QED) is 0.0941. The van der Waals surface area contributed by atoms with Gasteiger partial charge in [-0.2, -0.15) is 52.1 Å². The molecule has 126 heavy (non-hydrogen) atoms. The molecule has 0 spiro atoms. The summed E-state index contributed by atoms with van der Waals surface area (Å²) in [4.78, 5) is 42.1. The van der Waals surface area contributed by atoms with Gasteiger partial charge in [0, 0.05) is 113 Å². The first kappa shape index (κ1) is 93.9. The van der Waals surface area contributed by atoms with Crippen molar-refractivity contribution in [3.8, 4) is 56.0 Å². The Hall–Kier alpha value is -11.3. The first-order valence-corrected chi connectivity index (χ1v) is 52.6. The normalized spacial score (nSPS) is 13.7. The van der Waals surface area contributed by atoms with E-state index in [0.29, 0.717) is 0 Å². The molecule has 3 radical (unpaired) electrons. The zero-order valence-corrected chi connectivity index (χ0v) is 83.8. The molecular formula is C111H101Ir3N9Si3-6. The van der Waals surface area contributed by atoms with E-state index in [1.807, 2.05) is 188 Å². The Morgan fingerprint density at radius 3 is 0.944 bits per heavy atom. The zero-order chi connectivity index (χ0) is 85.8. The van der Waals surface area contributed by atoms with E-state index in [1.54, 1.807) is 0 Å². The molecule has 9 nitrogen and oxygen atoms in total. The number of fused-ring (bicyclic) bond motifs is 6. The van der Waals surface area contributed by atoms with Crippen LogP contribution in [0.25, 0.3) is 107 Å². The molecule has 3 unspecified atom stereocenters. The third-order valence-electron chi connectivity index (χ3n) is 21.8. The van der Waals surface area contributed by atoms with Crippen LogP contribution in [0.2, 0.25) is 58.9 Å². The molecule has 15 heteroatoms. The number of para-hydroxylation sites is 6. The Morgan fingerprint density at radius 1 is 0.286 bits per heavy atom. The summed E-state index contributed by atoms with van der Waals surface area (Å²) < 4.78 is 0. The van der Waals surface area contributed by atoms with E-state index in [-0.39, 0.29) is 83.9 Å². The van der Waals surface area contributed by atoms with Gasteiger partial charge in [0.05, 0.1) is 57.9 Å². The summed E-state index contributed by atoms with van der Waals surface area (Å²) in [5.41, 5.74) is 21.1. The number of rotatable bonds is 11. The molecule has 9 heterocycles. The van der Waals surface area contributed by atoms with Crippen molar-refractivity contribution in [1.82, 2.24) is 29.9 Å². The molecule has 0 amide bonds. The molecule has 20 rings (SSSR count). The molecule has 3 aliphatic rings. The molecule has 0 N–H and O–H groups in total. The smallest absolute Gasteiger partial charge is 0.0799 e. The Labute approximate surface area is 785 Å². The van der Waals surface area contributed by atoms with Gasteiger partial charge in [-0.15, -0.1) is 125 Å². The van der Waals surface area contributed by atoms with E-state index in [4.69, 9.17) is 9.97 Å². The second kappa shape index (κ2) is 41.9. The van der Waals surface area contributed by atoms with E-state index < -0.39 is 24.2 Å².